The van der Waals surface area contributed by atoms with Gasteiger partial charge in [-0.2, -0.15) is 5.10 Å². The number of hydrogen-bond donors (Lipinski definition) is 3. The zero-order valence-electron chi connectivity index (χ0n) is 26.1. The maximum atomic E-state index is 13.7. The minimum atomic E-state index is -0.606. The second-order valence-electron chi connectivity index (χ2n) is 11.6. The Morgan fingerprint density at radius 2 is 1.66 bits per heavy atom. The summed E-state index contributed by atoms with van der Waals surface area (Å²) in [7, 11) is 4.27. The van der Waals surface area contributed by atoms with Crippen LogP contribution in [0.2, 0.25) is 0 Å². The molecule has 2 fully saturated rings. The van der Waals surface area contributed by atoms with Crippen LogP contribution < -0.4 is 15.5 Å². The van der Waals surface area contributed by atoms with E-state index in [4.69, 9.17) is 0 Å². The molecule has 1 atom stereocenters. The summed E-state index contributed by atoms with van der Waals surface area (Å²) in [4.78, 5) is 20.8. The van der Waals surface area contributed by atoms with E-state index in [-0.39, 0.29) is 11.9 Å². The third-order valence-electron chi connectivity index (χ3n) is 8.29. The Hall–Kier alpha value is -4.02. The summed E-state index contributed by atoms with van der Waals surface area (Å²) < 4.78 is 27.5. The SMILES string of the molecule is CC.CN1CCN(c2ccc(C(=O)Nc3n[nH]c4ccc(Cc5cc(F)cc(F)c5)cc34)c(NC3CCCN(C)C3)c2)CC1. The molecule has 2 aliphatic rings. The largest absolute Gasteiger partial charge is 0.380 e. The number of piperidine rings is 1. The van der Waals surface area contributed by atoms with E-state index in [1.807, 2.05) is 44.2 Å². The molecule has 44 heavy (non-hydrogen) atoms. The molecule has 0 saturated carbocycles. The first-order chi connectivity index (χ1) is 21.3. The van der Waals surface area contributed by atoms with Crippen molar-refractivity contribution >= 4 is 34.0 Å². The second-order valence-corrected chi connectivity index (χ2v) is 11.6. The number of carbonyl (C=O) groups is 1. The summed E-state index contributed by atoms with van der Waals surface area (Å²) in [6.45, 7) is 9.88. The lowest BCUT2D eigenvalue weighted by molar-refractivity contribution is 0.102. The van der Waals surface area contributed by atoms with Gasteiger partial charge in [-0.25, -0.2) is 8.78 Å². The maximum absolute atomic E-state index is 13.7. The van der Waals surface area contributed by atoms with Crippen LogP contribution in [0.5, 0.6) is 0 Å². The number of benzene rings is 3. The number of anilines is 3. The predicted octanol–water partition coefficient (Wildman–Crippen LogP) is 5.97. The lowest BCUT2D eigenvalue weighted by Crippen LogP contribution is -2.44. The van der Waals surface area contributed by atoms with E-state index < -0.39 is 11.6 Å². The molecule has 0 radical (unpaired) electrons. The molecule has 0 spiro atoms. The molecule has 1 amide bonds. The van der Waals surface area contributed by atoms with Crippen molar-refractivity contribution in [2.45, 2.75) is 39.2 Å². The van der Waals surface area contributed by atoms with Crippen molar-refractivity contribution in [2.24, 2.45) is 0 Å². The van der Waals surface area contributed by atoms with Crippen LogP contribution in [0.15, 0.2) is 54.6 Å². The number of amides is 1. The number of nitrogens with zero attached hydrogens (tertiary/aromatic N) is 4. The van der Waals surface area contributed by atoms with Gasteiger partial charge >= 0.3 is 0 Å². The first kappa shape index (κ1) is 31.4. The predicted molar refractivity (Wildman–Crippen MR) is 175 cm³/mol. The van der Waals surface area contributed by atoms with Gasteiger partial charge in [-0.15, -0.1) is 0 Å². The monoisotopic (exact) mass is 603 g/mol. The molecule has 8 nitrogen and oxygen atoms in total. The van der Waals surface area contributed by atoms with Crippen molar-refractivity contribution in [2.75, 3.05) is 68.9 Å². The van der Waals surface area contributed by atoms with Crippen molar-refractivity contribution in [3.8, 4) is 0 Å². The zero-order chi connectivity index (χ0) is 31.2. The number of likely N-dealkylation sites (N-methyl/N-ethyl adjacent to an activating group) is 2. The van der Waals surface area contributed by atoms with Crippen molar-refractivity contribution in [3.05, 3.63) is 82.9 Å². The number of likely N-dealkylation sites (tertiary alicyclic amines) is 1. The van der Waals surface area contributed by atoms with Gasteiger partial charge in [-0.05, 0) is 93.5 Å². The summed E-state index contributed by atoms with van der Waals surface area (Å²) in [5.74, 6) is -1.05. The van der Waals surface area contributed by atoms with Gasteiger partial charge in [0.25, 0.3) is 5.91 Å². The van der Waals surface area contributed by atoms with Crippen LogP contribution in [0, 0.1) is 11.6 Å². The molecule has 0 aliphatic carbocycles. The van der Waals surface area contributed by atoms with Crippen LogP contribution in [-0.2, 0) is 6.42 Å². The highest BCUT2D eigenvalue weighted by atomic mass is 19.1. The van der Waals surface area contributed by atoms with Crippen LogP contribution in [0.25, 0.3) is 10.9 Å². The van der Waals surface area contributed by atoms with E-state index in [1.54, 1.807) is 0 Å². The fourth-order valence-electron chi connectivity index (χ4n) is 6.01. The number of hydrogen-bond acceptors (Lipinski definition) is 6. The van der Waals surface area contributed by atoms with E-state index in [1.165, 1.54) is 12.1 Å². The number of carbonyl (C=O) groups excluding carboxylic acids is 1. The van der Waals surface area contributed by atoms with Crippen LogP contribution >= 0.6 is 0 Å². The number of H-pyrrole nitrogens is 1. The van der Waals surface area contributed by atoms with E-state index in [9.17, 15) is 13.6 Å². The molecule has 1 unspecified atom stereocenters. The second kappa shape index (κ2) is 14.2. The molecule has 3 aromatic carbocycles. The average molecular weight is 604 g/mol. The molecule has 2 aliphatic heterocycles. The molecule has 2 saturated heterocycles. The Kier molecular flexibility index (Phi) is 10.1. The Morgan fingerprint density at radius 1 is 0.909 bits per heavy atom. The molecular formula is C34H43F2N7O. The summed E-state index contributed by atoms with van der Waals surface area (Å²) >= 11 is 0. The molecule has 4 aromatic rings. The molecule has 234 valence electrons. The Morgan fingerprint density at radius 3 is 2.39 bits per heavy atom. The quantitative estimate of drug-likeness (QED) is 0.242. The number of aromatic amines is 1. The van der Waals surface area contributed by atoms with Gasteiger partial charge in [0.2, 0.25) is 0 Å². The van der Waals surface area contributed by atoms with Crippen LogP contribution in [0.1, 0.15) is 48.2 Å². The van der Waals surface area contributed by atoms with Gasteiger partial charge in [-0.1, -0.05) is 19.9 Å². The summed E-state index contributed by atoms with van der Waals surface area (Å²) in [6, 6.07) is 15.4. The van der Waals surface area contributed by atoms with Crippen LogP contribution in [0.3, 0.4) is 0 Å². The molecule has 3 N–H and O–H groups in total. The van der Waals surface area contributed by atoms with Crippen molar-refractivity contribution in [3.63, 3.8) is 0 Å². The first-order valence-corrected chi connectivity index (χ1v) is 15.6. The topological polar surface area (TPSA) is 79.5 Å². The number of rotatable bonds is 7. The Labute approximate surface area is 258 Å². The fraction of sp³-hybridized carbons (Fsp3) is 0.412. The van der Waals surface area contributed by atoms with Crippen LogP contribution in [-0.4, -0.2) is 85.3 Å². The summed E-state index contributed by atoms with van der Waals surface area (Å²) in [5.41, 5.74) is 4.63. The minimum Gasteiger partial charge on any atom is -0.380 e. The molecule has 6 rings (SSSR count). The maximum Gasteiger partial charge on any atom is 0.258 e. The molecule has 1 aromatic heterocycles. The number of piperazine rings is 1. The summed E-state index contributed by atoms with van der Waals surface area (Å²) in [6.07, 6.45) is 2.50. The summed E-state index contributed by atoms with van der Waals surface area (Å²) in [5, 5.41) is 14.8. The molecular weight excluding hydrogens is 560 g/mol. The van der Waals surface area contributed by atoms with E-state index in [2.05, 4.69) is 55.7 Å². The standard InChI is InChI=1S/C32H37F2N7O.C2H6/c1-39-10-12-41(13-11-39)26-6-7-27(30(19-26)35-25-4-3-9-40(2)20-25)32(42)36-31-28-17-21(5-8-29(28)37-38-31)14-22-15-23(33)18-24(34)16-22;1-2/h5-8,15-19,25,35H,3-4,9-14,20H2,1-2H3,(H2,36,37,38,42);1-2H3. The van der Waals surface area contributed by atoms with Gasteiger partial charge in [-0.3, -0.25) is 9.89 Å². The highest BCUT2D eigenvalue weighted by molar-refractivity contribution is 6.11. The average Bonchev–Trinajstić information content (AvgIpc) is 3.39. The van der Waals surface area contributed by atoms with E-state index in [0.29, 0.717) is 23.4 Å². The Bertz CT molecular complexity index is 1560. The van der Waals surface area contributed by atoms with Crippen molar-refractivity contribution < 1.29 is 13.6 Å². The normalized spacial score (nSPS) is 17.7. The zero-order valence-corrected chi connectivity index (χ0v) is 26.1. The lowest BCUT2D eigenvalue weighted by atomic mass is 10.0. The van der Waals surface area contributed by atoms with Gasteiger partial charge in [0.05, 0.1) is 11.1 Å². The third kappa shape index (κ3) is 7.54. The van der Waals surface area contributed by atoms with Gasteiger partial charge in [0.15, 0.2) is 5.82 Å². The molecule has 0 bridgehead atoms. The highest BCUT2D eigenvalue weighted by Crippen LogP contribution is 2.29. The fourth-order valence-corrected chi connectivity index (χ4v) is 6.01. The number of fused-ring (bicyclic) bond motifs is 1. The van der Waals surface area contributed by atoms with E-state index in [0.717, 1.165) is 86.0 Å². The third-order valence-corrected chi connectivity index (χ3v) is 8.29. The first-order valence-electron chi connectivity index (χ1n) is 15.6. The Balaban J connectivity index is 0.00000188. The highest BCUT2D eigenvalue weighted by Gasteiger charge is 2.23. The van der Waals surface area contributed by atoms with Gasteiger partial charge in [0.1, 0.15) is 11.6 Å². The number of halogens is 2. The lowest BCUT2D eigenvalue weighted by Gasteiger charge is -2.35. The number of aromatic nitrogens is 2. The van der Waals surface area contributed by atoms with Gasteiger partial charge in [0, 0.05) is 61.6 Å². The molecule has 3 heterocycles. The van der Waals surface area contributed by atoms with E-state index >= 15 is 0 Å². The molecule has 10 heteroatoms. The van der Waals surface area contributed by atoms with Crippen LogP contribution in [0.4, 0.5) is 26.0 Å². The van der Waals surface area contributed by atoms with Crippen molar-refractivity contribution in [1.29, 1.82) is 0 Å². The smallest absolute Gasteiger partial charge is 0.258 e. The van der Waals surface area contributed by atoms with Crippen molar-refractivity contribution in [1.82, 2.24) is 20.0 Å². The minimum absolute atomic E-state index is 0.250. The van der Waals surface area contributed by atoms with Gasteiger partial charge < -0.3 is 25.3 Å². The number of nitrogens with one attached hydrogen (secondary N) is 3.